The van der Waals surface area contributed by atoms with E-state index in [1.54, 1.807) is 0 Å². The molecule has 0 aliphatic heterocycles. The second-order valence-corrected chi connectivity index (χ2v) is 8.37. The molecule has 5 atom stereocenters. The van der Waals surface area contributed by atoms with Crippen LogP contribution in [0.1, 0.15) is 69.9 Å². The van der Waals surface area contributed by atoms with E-state index < -0.39 is 0 Å². The molecule has 0 amide bonds. The summed E-state index contributed by atoms with van der Waals surface area (Å²) < 4.78 is 6.12. The van der Waals surface area contributed by atoms with Crippen molar-refractivity contribution in [3.8, 4) is 5.75 Å². The molecule has 1 saturated carbocycles. The van der Waals surface area contributed by atoms with Gasteiger partial charge in [-0.2, -0.15) is 0 Å². The molecule has 2 aliphatic rings. The summed E-state index contributed by atoms with van der Waals surface area (Å²) in [7, 11) is 0. The Labute approximate surface area is 158 Å². The van der Waals surface area contributed by atoms with Gasteiger partial charge in [-0.05, 0) is 80.4 Å². The third kappa shape index (κ3) is 4.43. The lowest BCUT2D eigenvalue weighted by Crippen LogP contribution is -2.28. The number of hydrogen-bond acceptors (Lipinski definition) is 3. The predicted molar refractivity (Wildman–Crippen MR) is 105 cm³/mol. The number of phenolic OH excluding ortho intramolecular Hbond substituents is 1. The number of phenols is 1. The van der Waals surface area contributed by atoms with Crippen LogP contribution >= 0.6 is 0 Å². The van der Waals surface area contributed by atoms with Crippen LogP contribution in [0.5, 0.6) is 5.75 Å². The zero-order valence-electron chi connectivity index (χ0n) is 16.5. The quantitative estimate of drug-likeness (QED) is 0.618. The molecule has 0 heterocycles. The highest BCUT2D eigenvalue weighted by atomic mass is 16.5. The van der Waals surface area contributed by atoms with E-state index in [4.69, 9.17) is 4.74 Å². The summed E-state index contributed by atoms with van der Waals surface area (Å²) in [6.07, 6.45) is 9.73. The van der Waals surface area contributed by atoms with Gasteiger partial charge in [0.25, 0.3) is 0 Å². The first kappa shape index (κ1) is 19.7. The number of benzene rings is 1. The molecule has 0 radical (unpaired) electrons. The number of rotatable bonds is 9. The summed E-state index contributed by atoms with van der Waals surface area (Å²) in [5, 5.41) is 20.6. The van der Waals surface area contributed by atoms with Crippen LogP contribution in [0.3, 0.4) is 0 Å². The van der Waals surface area contributed by atoms with E-state index in [-0.39, 0.29) is 6.10 Å². The SMILES string of the molecule is CCCCC[C@@H](O)CC[C@H]1[C@H](OCC)CC2Cc3c(O)cccc3C[C@@H]21. The van der Waals surface area contributed by atoms with Gasteiger partial charge in [-0.1, -0.05) is 38.3 Å². The maximum Gasteiger partial charge on any atom is 0.119 e. The largest absolute Gasteiger partial charge is 0.508 e. The van der Waals surface area contributed by atoms with Gasteiger partial charge in [0.2, 0.25) is 0 Å². The molecule has 26 heavy (non-hydrogen) atoms. The third-order valence-corrected chi connectivity index (χ3v) is 6.69. The first-order valence-electron chi connectivity index (χ1n) is 10.7. The van der Waals surface area contributed by atoms with Gasteiger partial charge in [-0.25, -0.2) is 0 Å². The second kappa shape index (κ2) is 9.23. The van der Waals surface area contributed by atoms with Crippen LogP contribution in [0.4, 0.5) is 0 Å². The summed E-state index contributed by atoms with van der Waals surface area (Å²) >= 11 is 0. The average molecular weight is 361 g/mol. The van der Waals surface area contributed by atoms with Crippen molar-refractivity contribution >= 4 is 0 Å². The van der Waals surface area contributed by atoms with Gasteiger partial charge in [-0.15, -0.1) is 0 Å². The standard InChI is InChI=1S/C23H36O3/c1-3-5-6-9-18(24)11-12-19-20-13-16-8-7-10-22(25)21(16)14-17(20)15-23(19)26-4-2/h7-8,10,17-20,23-25H,3-6,9,11-15H2,1-2H3/t17?,18-,19-,20+,23-/m1/s1. The van der Waals surface area contributed by atoms with Crippen molar-refractivity contribution in [3.63, 3.8) is 0 Å². The number of fused-ring (bicyclic) bond motifs is 2. The fourth-order valence-corrected chi connectivity index (χ4v) is 5.35. The third-order valence-electron chi connectivity index (χ3n) is 6.69. The first-order valence-corrected chi connectivity index (χ1v) is 10.7. The summed E-state index contributed by atoms with van der Waals surface area (Å²) in [4.78, 5) is 0. The monoisotopic (exact) mass is 360 g/mol. The van der Waals surface area contributed by atoms with E-state index >= 15 is 0 Å². The molecule has 3 nitrogen and oxygen atoms in total. The molecule has 0 bridgehead atoms. The summed E-state index contributed by atoms with van der Waals surface area (Å²) in [6, 6.07) is 5.96. The molecule has 1 aromatic rings. The predicted octanol–water partition coefficient (Wildman–Crippen LogP) is 4.87. The highest BCUT2D eigenvalue weighted by Crippen LogP contribution is 2.49. The highest BCUT2D eigenvalue weighted by Gasteiger charge is 2.45. The molecule has 0 saturated heterocycles. The molecule has 1 aromatic carbocycles. The number of aliphatic hydroxyl groups excluding tert-OH is 1. The van der Waals surface area contributed by atoms with Gasteiger partial charge in [0.1, 0.15) is 5.75 Å². The molecule has 3 rings (SSSR count). The van der Waals surface area contributed by atoms with Crippen LogP contribution in [0.15, 0.2) is 18.2 Å². The number of aromatic hydroxyl groups is 1. The Morgan fingerprint density at radius 2 is 2.00 bits per heavy atom. The van der Waals surface area contributed by atoms with Crippen LogP contribution in [-0.4, -0.2) is 29.0 Å². The van der Waals surface area contributed by atoms with Crippen molar-refractivity contribution in [2.45, 2.75) is 83.8 Å². The van der Waals surface area contributed by atoms with Crippen molar-refractivity contribution in [2.75, 3.05) is 6.61 Å². The van der Waals surface area contributed by atoms with E-state index in [1.165, 1.54) is 18.4 Å². The first-order chi connectivity index (χ1) is 12.6. The van der Waals surface area contributed by atoms with Gasteiger partial charge in [0.05, 0.1) is 12.2 Å². The molecule has 0 aromatic heterocycles. The van der Waals surface area contributed by atoms with E-state index in [1.807, 2.05) is 12.1 Å². The van der Waals surface area contributed by atoms with Crippen molar-refractivity contribution in [1.82, 2.24) is 0 Å². The van der Waals surface area contributed by atoms with E-state index in [2.05, 4.69) is 19.9 Å². The molecule has 1 fully saturated rings. The average Bonchev–Trinajstić information content (AvgIpc) is 2.96. The lowest BCUT2D eigenvalue weighted by atomic mass is 9.73. The Hall–Kier alpha value is -1.06. The number of hydrogen-bond donors (Lipinski definition) is 2. The van der Waals surface area contributed by atoms with Gasteiger partial charge >= 0.3 is 0 Å². The van der Waals surface area contributed by atoms with E-state index in [0.29, 0.717) is 29.6 Å². The zero-order chi connectivity index (χ0) is 18.5. The molecular formula is C23H36O3. The minimum atomic E-state index is -0.164. The highest BCUT2D eigenvalue weighted by molar-refractivity contribution is 5.42. The summed E-state index contributed by atoms with van der Waals surface area (Å²) in [6.45, 7) is 5.05. The summed E-state index contributed by atoms with van der Waals surface area (Å²) in [5.74, 6) is 2.23. The number of unbranched alkanes of at least 4 members (excludes halogenated alkanes) is 2. The Morgan fingerprint density at radius 3 is 2.77 bits per heavy atom. The molecular weight excluding hydrogens is 324 g/mol. The molecule has 3 heteroatoms. The Morgan fingerprint density at radius 1 is 1.15 bits per heavy atom. The van der Waals surface area contributed by atoms with Crippen LogP contribution in [0.2, 0.25) is 0 Å². The van der Waals surface area contributed by atoms with Gasteiger partial charge in [0.15, 0.2) is 0 Å². The molecule has 2 N–H and O–H groups in total. The smallest absolute Gasteiger partial charge is 0.119 e. The second-order valence-electron chi connectivity index (χ2n) is 8.37. The minimum Gasteiger partial charge on any atom is -0.508 e. The van der Waals surface area contributed by atoms with Crippen molar-refractivity contribution < 1.29 is 14.9 Å². The Kier molecular flexibility index (Phi) is 6.99. The van der Waals surface area contributed by atoms with Crippen molar-refractivity contribution in [1.29, 1.82) is 0 Å². The van der Waals surface area contributed by atoms with Crippen LogP contribution < -0.4 is 0 Å². The fraction of sp³-hybridized carbons (Fsp3) is 0.739. The van der Waals surface area contributed by atoms with Gasteiger partial charge in [-0.3, -0.25) is 0 Å². The van der Waals surface area contributed by atoms with E-state index in [0.717, 1.165) is 57.1 Å². The van der Waals surface area contributed by atoms with Crippen LogP contribution in [-0.2, 0) is 17.6 Å². The molecule has 146 valence electrons. The maximum atomic E-state index is 10.4. The van der Waals surface area contributed by atoms with Gasteiger partial charge in [0, 0.05) is 6.61 Å². The Balaban J connectivity index is 1.65. The lowest BCUT2D eigenvalue weighted by molar-refractivity contribution is 0.0191. The molecule has 2 aliphatic carbocycles. The maximum absolute atomic E-state index is 10.4. The van der Waals surface area contributed by atoms with Gasteiger partial charge < -0.3 is 14.9 Å². The number of aliphatic hydroxyl groups is 1. The Bertz CT molecular complexity index is 571. The topological polar surface area (TPSA) is 49.7 Å². The summed E-state index contributed by atoms with van der Waals surface area (Å²) in [5.41, 5.74) is 2.47. The zero-order valence-corrected chi connectivity index (χ0v) is 16.5. The molecule has 0 spiro atoms. The van der Waals surface area contributed by atoms with Crippen LogP contribution in [0, 0.1) is 17.8 Å². The molecule has 1 unspecified atom stereocenters. The minimum absolute atomic E-state index is 0.164. The number of ether oxygens (including phenoxy) is 1. The lowest BCUT2D eigenvalue weighted by Gasteiger charge is -2.32. The fourth-order valence-electron chi connectivity index (χ4n) is 5.35. The normalized spacial score (nSPS) is 28.6. The van der Waals surface area contributed by atoms with Crippen LogP contribution in [0.25, 0.3) is 0 Å². The van der Waals surface area contributed by atoms with E-state index in [9.17, 15) is 10.2 Å². The van der Waals surface area contributed by atoms with Crippen molar-refractivity contribution in [3.05, 3.63) is 29.3 Å². The van der Waals surface area contributed by atoms with Crippen molar-refractivity contribution in [2.24, 2.45) is 17.8 Å².